The molecule has 1 amide bonds. The lowest BCUT2D eigenvalue weighted by Crippen LogP contribution is -2.41. The summed E-state index contributed by atoms with van der Waals surface area (Å²) in [6, 6.07) is 6.35. The minimum atomic E-state index is -0.375. The Bertz CT molecular complexity index is 688. The molecule has 0 aliphatic heterocycles. The van der Waals surface area contributed by atoms with Gasteiger partial charge in [0.2, 0.25) is 0 Å². The summed E-state index contributed by atoms with van der Waals surface area (Å²) >= 11 is 0. The van der Waals surface area contributed by atoms with Crippen LogP contribution in [0.15, 0.2) is 30.5 Å². The normalized spacial score (nSPS) is 11.5. The summed E-state index contributed by atoms with van der Waals surface area (Å²) in [5.41, 5.74) is 1.40. The van der Waals surface area contributed by atoms with Gasteiger partial charge in [-0.25, -0.2) is 9.07 Å². The van der Waals surface area contributed by atoms with Gasteiger partial charge in [0.1, 0.15) is 11.5 Å². The van der Waals surface area contributed by atoms with Gasteiger partial charge in [-0.3, -0.25) is 4.79 Å². The van der Waals surface area contributed by atoms with Crippen LogP contribution >= 0.6 is 0 Å². The van der Waals surface area contributed by atoms with Crippen LogP contribution in [0.2, 0.25) is 0 Å². The predicted octanol–water partition coefficient (Wildman–Crippen LogP) is 2.44. The zero-order valence-electron chi connectivity index (χ0n) is 14.0. The van der Waals surface area contributed by atoms with Gasteiger partial charge in [0.25, 0.3) is 5.91 Å². The van der Waals surface area contributed by atoms with Crippen molar-refractivity contribution >= 4 is 5.91 Å². The molecule has 124 valence electrons. The van der Waals surface area contributed by atoms with Gasteiger partial charge in [-0.05, 0) is 39.8 Å². The molecular weight excluding hydrogens is 295 g/mol. The van der Waals surface area contributed by atoms with Crippen molar-refractivity contribution in [3.63, 3.8) is 0 Å². The Hall–Kier alpha value is -2.21. The van der Waals surface area contributed by atoms with Crippen LogP contribution in [-0.2, 0) is 0 Å². The zero-order valence-corrected chi connectivity index (χ0v) is 14.0. The molecule has 23 heavy (non-hydrogen) atoms. The first-order valence-electron chi connectivity index (χ1n) is 7.62. The first-order valence-corrected chi connectivity index (χ1v) is 7.62. The molecule has 0 aliphatic rings. The zero-order chi connectivity index (χ0) is 17.0. The summed E-state index contributed by atoms with van der Waals surface area (Å²) in [5.74, 6) is -0.583. The van der Waals surface area contributed by atoms with E-state index < -0.39 is 0 Å². The lowest BCUT2D eigenvalue weighted by Gasteiger charge is -2.20. The molecule has 1 aromatic heterocycles. The number of benzene rings is 1. The number of para-hydroxylation sites is 1. The monoisotopic (exact) mass is 318 g/mol. The van der Waals surface area contributed by atoms with Crippen molar-refractivity contribution in [3.8, 4) is 5.69 Å². The molecule has 2 rings (SSSR count). The second-order valence-corrected chi connectivity index (χ2v) is 6.44. The minimum Gasteiger partial charge on any atom is -0.351 e. The first kappa shape index (κ1) is 17.1. The Kier molecular flexibility index (Phi) is 5.15. The van der Waals surface area contributed by atoms with Crippen molar-refractivity contribution in [1.29, 1.82) is 0 Å². The molecule has 5 nitrogen and oxygen atoms in total. The molecular formula is C17H23FN4O. The highest BCUT2D eigenvalue weighted by Gasteiger charge is 2.16. The Morgan fingerprint density at radius 2 is 1.96 bits per heavy atom. The second kappa shape index (κ2) is 6.91. The predicted molar refractivity (Wildman–Crippen MR) is 88.3 cm³/mol. The van der Waals surface area contributed by atoms with E-state index in [9.17, 15) is 9.18 Å². The van der Waals surface area contributed by atoms with Crippen LogP contribution in [0.5, 0.6) is 0 Å². The van der Waals surface area contributed by atoms with E-state index in [1.54, 1.807) is 25.1 Å². The molecule has 1 aromatic carbocycles. The molecule has 0 bridgehead atoms. The largest absolute Gasteiger partial charge is 0.351 e. The summed E-state index contributed by atoms with van der Waals surface area (Å²) < 4.78 is 15.3. The van der Waals surface area contributed by atoms with Crippen LogP contribution in [0.4, 0.5) is 4.39 Å². The number of hydrogen-bond acceptors (Lipinski definition) is 3. The smallest absolute Gasteiger partial charge is 0.254 e. The van der Waals surface area contributed by atoms with E-state index in [0.717, 1.165) is 0 Å². The third-order valence-corrected chi connectivity index (χ3v) is 3.40. The van der Waals surface area contributed by atoms with Crippen molar-refractivity contribution in [2.24, 2.45) is 0 Å². The topological polar surface area (TPSA) is 59.0 Å². The molecule has 0 aliphatic carbocycles. The SMILES string of the molecule is Cc1c(C(=O)NCCNC(C)(C)C)cnn1-c1ccccc1F. The number of halogens is 1. The number of nitrogens with one attached hydrogen (secondary N) is 2. The van der Waals surface area contributed by atoms with E-state index in [2.05, 4.69) is 36.5 Å². The molecule has 0 radical (unpaired) electrons. The van der Waals surface area contributed by atoms with Crippen LogP contribution in [0, 0.1) is 12.7 Å². The van der Waals surface area contributed by atoms with E-state index in [1.807, 2.05) is 0 Å². The van der Waals surface area contributed by atoms with Gasteiger partial charge in [0, 0.05) is 18.6 Å². The molecule has 1 heterocycles. The van der Waals surface area contributed by atoms with E-state index in [4.69, 9.17) is 0 Å². The van der Waals surface area contributed by atoms with Crippen LogP contribution in [0.25, 0.3) is 5.69 Å². The van der Waals surface area contributed by atoms with Crippen molar-refractivity contribution in [3.05, 3.63) is 47.5 Å². The maximum absolute atomic E-state index is 13.9. The maximum Gasteiger partial charge on any atom is 0.254 e. The van der Waals surface area contributed by atoms with Crippen molar-refractivity contribution in [2.45, 2.75) is 33.2 Å². The molecule has 0 fully saturated rings. The van der Waals surface area contributed by atoms with Gasteiger partial charge < -0.3 is 10.6 Å². The summed E-state index contributed by atoms with van der Waals surface area (Å²) in [7, 11) is 0. The molecule has 0 unspecified atom stereocenters. The molecule has 6 heteroatoms. The summed E-state index contributed by atoms with van der Waals surface area (Å²) in [4.78, 5) is 12.2. The van der Waals surface area contributed by atoms with Crippen LogP contribution in [0.3, 0.4) is 0 Å². The number of hydrogen-bond donors (Lipinski definition) is 2. The fourth-order valence-electron chi connectivity index (χ4n) is 2.21. The Balaban J connectivity index is 2.04. The fraction of sp³-hybridized carbons (Fsp3) is 0.412. The highest BCUT2D eigenvalue weighted by molar-refractivity contribution is 5.95. The minimum absolute atomic E-state index is 0.0103. The highest BCUT2D eigenvalue weighted by atomic mass is 19.1. The van der Waals surface area contributed by atoms with Crippen molar-refractivity contribution < 1.29 is 9.18 Å². The molecule has 2 aromatic rings. The second-order valence-electron chi connectivity index (χ2n) is 6.44. The molecule has 2 N–H and O–H groups in total. The van der Waals surface area contributed by atoms with E-state index >= 15 is 0 Å². The molecule has 0 saturated carbocycles. The number of aromatic nitrogens is 2. The standard InChI is InChI=1S/C17H23FN4O/c1-12-13(16(23)19-9-10-20-17(2,3)4)11-21-22(12)15-8-6-5-7-14(15)18/h5-8,11,20H,9-10H2,1-4H3,(H,19,23). The van der Waals surface area contributed by atoms with Gasteiger partial charge in [-0.1, -0.05) is 12.1 Å². The van der Waals surface area contributed by atoms with Crippen LogP contribution < -0.4 is 10.6 Å². The highest BCUT2D eigenvalue weighted by Crippen LogP contribution is 2.16. The van der Waals surface area contributed by atoms with Crippen molar-refractivity contribution in [2.75, 3.05) is 13.1 Å². The first-order chi connectivity index (χ1) is 10.8. The lowest BCUT2D eigenvalue weighted by atomic mass is 10.1. The third-order valence-electron chi connectivity index (χ3n) is 3.40. The summed E-state index contributed by atoms with van der Waals surface area (Å²) in [6.45, 7) is 9.14. The average molecular weight is 318 g/mol. The lowest BCUT2D eigenvalue weighted by molar-refractivity contribution is 0.0952. The van der Waals surface area contributed by atoms with Gasteiger partial charge >= 0.3 is 0 Å². The van der Waals surface area contributed by atoms with Crippen molar-refractivity contribution in [1.82, 2.24) is 20.4 Å². The van der Waals surface area contributed by atoms with Gasteiger partial charge in [0.05, 0.1) is 17.5 Å². The van der Waals surface area contributed by atoms with Crippen LogP contribution in [-0.4, -0.2) is 34.3 Å². The van der Waals surface area contributed by atoms with E-state index in [0.29, 0.717) is 30.0 Å². The van der Waals surface area contributed by atoms with E-state index in [-0.39, 0.29) is 17.3 Å². The molecule has 0 spiro atoms. The molecule has 0 saturated heterocycles. The maximum atomic E-state index is 13.9. The van der Waals surface area contributed by atoms with Gasteiger partial charge in [-0.15, -0.1) is 0 Å². The van der Waals surface area contributed by atoms with Gasteiger partial charge in [-0.2, -0.15) is 5.10 Å². The van der Waals surface area contributed by atoms with E-state index in [1.165, 1.54) is 16.9 Å². The number of rotatable bonds is 5. The van der Waals surface area contributed by atoms with Crippen LogP contribution in [0.1, 0.15) is 36.8 Å². The Morgan fingerprint density at radius 1 is 1.26 bits per heavy atom. The van der Waals surface area contributed by atoms with Gasteiger partial charge in [0.15, 0.2) is 0 Å². The quantitative estimate of drug-likeness (QED) is 0.833. The molecule has 0 atom stereocenters. The number of carbonyl (C=O) groups is 1. The Morgan fingerprint density at radius 3 is 2.61 bits per heavy atom. The number of amides is 1. The number of carbonyl (C=O) groups excluding carboxylic acids is 1. The Labute approximate surface area is 135 Å². The third kappa shape index (κ3) is 4.39. The average Bonchev–Trinajstić information content (AvgIpc) is 2.85. The number of nitrogens with zero attached hydrogens (tertiary/aromatic N) is 2. The fourth-order valence-corrected chi connectivity index (χ4v) is 2.21. The summed E-state index contributed by atoms with van der Waals surface area (Å²) in [6.07, 6.45) is 1.47. The summed E-state index contributed by atoms with van der Waals surface area (Å²) in [5, 5.41) is 10.3.